The van der Waals surface area contributed by atoms with E-state index in [9.17, 15) is 4.79 Å². The summed E-state index contributed by atoms with van der Waals surface area (Å²) in [7, 11) is 0. The number of Topliss-reactive ketones (excluding diaryl/α,β-unsaturated/α-hetero) is 1. The molecule has 0 amide bonds. The lowest BCUT2D eigenvalue weighted by molar-refractivity contribution is 0.101. The fourth-order valence-corrected chi connectivity index (χ4v) is 0.829. The van der Waals surface area contributed by atoms with E-state index < -0.39 is 0 Å². The Morgan fingerprint density at radius 2 is 2.42 bits per heavy atom. The third-order valence-corrected chi connectivity index (χ3v) is 1.47. The topological polar surface area (TPSA) is 53.8 Å². The predicted molar refractivity (Wildman–Crippen MR) is 43.6 cm³/mol. The van der Waals surface area contributed by atoms with E-state index >= 15 is 0 Å². The smallest absolute Gasteiger partial charge is 0.178 e. The van der Waals surface area contributed by atoms with Crippen LogP contribution in [-0.2, 0) is 6.42 Å². The molecule has 1 rings (SSSR count). The molecular weight excluding hydrogens is 152 g/mol. The number of carbonyl (C=O) groups is 1. The van der Waals surface area contributed by atoms with Crippen molar-refractivity contribution in [3.63, 3.8) is 0 Å². The van der Waals surface area contributed by atoms with E-state index in [1.165, 1.54) is 6.92 Å². The monoisotopic (exact) mass is 160 g/mol. The second kappa shape index (κ2) is 3.63. The first kappa shape index (κ1) is 8.41. The Balaban J connectivity index is 2.87. The zero-order chi connectivity index (χ0) is 8.97. The number of carbonyl (C=O) groups excluding carboxylic acids is 1. The standard InChI is InChI=1S/C9H8N2O/c1-7(12)9-3-2-8(4-5-10)6-11-9/h2-3,6H,4H2,1H3. The van der Waals surface area contributed by atoms with Gasteiger partial charge in [0.15, 0.2) is 5.78 Å². The van der Waals surface area contributed by atoms with Gasteiger partial charge in [0.05, 0.1) is 12.5 Å². The van der Waals surface area contributed by atoms with Crippen molar-refractivity contribution in [1.82, 2.24) is 4.98 Å². The summed E-state index contributed by atoms with van der Waals surface area (Å²) in [6.45, 7) is 1.46. The van der Waals surface area contributed by atoms with Crippen LogP contribution in [0.25, 0.3) is 0 Å². The van der Waals surface area contributed by atoms with Gasteiger partial charge in [0.25, 0.3) is 0 Å². The van der Waals surface area contributed by atoms with Gasteiger partial charge < -0.3 is 0 Å². The van der Waals surface area contributed by atoms with Crippen molar-refractivity contribution in [2.45, 2.75) is 13.3 Å². The highest BCUT2D eigenvalue weighted by atomic mass is 16.1. The lowest BCUT2D eigenvalue weighted by Crippen LogP contribution is -1.96. The van der Waals surface area contributed by atoms with Crippen molar-refractivity contribution in [1.29, 1.82) is 5.26 Å². The van der Waals surface area contributed by atoms with Gasteiger partial charge in [0.1, 0.15) is 5.69 Å². The Labute approximate surface area is 70.7 Å². The number of aromatic nitrogens is 1. The number of hydrogen-bond donors (Lipinski definition) is 0. The van der Waals surface area contributed by atoms with E-state index in [1.807, 2.05) is 6.07 Å². The largest absolute Gasteiger partial charge is 0.293 e. The summed E-state index contributed by atoms with van der Waals surface area (Å²) in [6, 6.07) is 5.38. The lowest BCUT2D eigenvalue weighted by Gasteiger charge is -1.95. The molecule has 0 aliphatic heterocycles. The summed E-state index contributed by atoms with van der Waals surface area (Å²) >= 11 is 0. The SMILES string of the molecule is CC(=O)c1ccc(CC#N)cn1. The molecule has 1 heterocycles. The number of rotatable bonds is 2. The van der Waals surface area contributed by atoms with E-state index in [0.717, 1.165) is 5.56 Å². The third kappa shape index (κ3) is 1.89. The Morgan fingerprint density at radius 1 is 1.67 bits per heavy atom. The first-order valence-electron chi connectivity index (χ1n) is 3.57. The van der Waals surface area contributed by atoms with Crippen molar-refractivity contribution in [3.05, 3.63) is 29.6 Å². The van der Waals surface area contributed by atoms with E-state index in [1.54, 1.807) is 18.3 Å². The molecule has 0 unspecified atom stereocenters. The molecular formula is C9H8N2O. The number of nitriles is 1. The Hall–Kier alpha value is -1.69. The van der Waals surface area contributed by atoms with E-state index in [4.69, 9.17) is 5.26 Å². The maximum absolute atomic E-state index is 10.8. The second-order valence-corrected chi connectivity index (χ2v) is 2.44. The second-order valence-electron chi connectivity index (χ2n) is 2.44. The molecule has 12 heavy (non-hydrogen) atoms. The maximum Gasteiger partial charge on any atom is 0.178 e. The quantitative estimate of drug-likeness (QED) is 0.613. The molecule has 1 aromatic rings. The molecule has 0 saturated carbocycles. The number of hydrogen-bond acceptors (Lipinski definition) is 3. The third-order valence-electron chi connectivity index (χ3n) is 1.47. The van der Waals surface area contributed by atoms with Gasteiger partial charge in [-0.05, 0) is 11.6 Å². The van der Waals surface area contributed by atoms with Gasteiger partial charge in [-0.1, -0.05) is 6.07 Å². The van der Waals surface area contributed by atoms with Crippen LogP contribution in [0.1, 0.15) is 23.0 Å². The molecule has 1 aromatic heterocycles. The number of ketones is 1. The summed E-state index contributed by atoms with van der Waals surface area (Å²) < 4.78 is 0. The van der Waals surface area contributed by atoms with Crippen LogP contribution in [-0.4, -0.2) is 10.8 Å². The maximum atomic E-state index is 10.8. The summed E-state index contributed by atoms with van der Waals surface area (Å²) in [5.74, 6) is -0.0569. The van der Waals surface area contributed by atoms with Crippen LogP contribution in [0.5, 0.6) is 0 Å². The van der Waals surface area contributed by atoms with Crippen molar-refractivity contribution >= 4 is 5.78 Å². The van der Waals surface area contributed by atoms with Crippen LogP contribution in [0.2, 0.25) is 0 Å². The first-order valence-corrected chi connectivity index (χ1v) is 3.57. The minimum absolute atomic E-state index is 0.0569. The van der Waals surface area contributed by atoms with Gasteiger partial charge in [-0.2, -0.15) is 5.26 Å². The molecule has 0 aliphatic rings. The molecule has 0 atom stereocenters. The minimum Gasteiger partial charge on any atom is -0.293 e. The van der Waals surface area contributed by atoms with Crippen LogP contribution in [0, 0.1) is 11.3 Å². The van der Waals surface area contributed by atoms with Crippen LogP contribution in [0.4, 0.5) is 0 Å². The van der Waals surface area contributed by atoms with Crippen LogP contribution in [0.15, 0.2) is 18.3 Å². The van der Waals surface area contributed by atoms with Crippen LogP contribution in [0.3, 0.4) is 0 Å². The molecule has 0 aliphatic carbocycles. The average Bonchev–Trinajstić information content (AvgIpc) is 2.06. The first-order chi connectivity index (χ1) is 5.74. The molecule has 60 valence electrons. The molecule has 0 aromatic carbocycles. The molecule has 3 nitrogen and oxygen atoms in total. The van der Waals surface area contributed by atoms with Gasteiger partial charge in [0.2, 0.25) is 0 Å². The highest BCUT2D eigenvalue weighted by molar-refractivity contribution is 5.91. The highest BCUT2D eigenvalue weighted by Crippen LogP contribution is 2.00. The highest BCUT2D eigenvalue weighted by Gasteiger charge is 1.99. The Bertz CT molecular complexity index is 321. The molecule has 0 bridgehead atoms. The van der Waals surface area contributed by atoms with Gasteiger partial charge in [0, 0.05) is 13.1 Å². The number of pyridine rings is 1. The molecule has 3 heteroatoms. The van der Waals surface area contributed by atoms with Crippen molar-refractivity contribution in [2.75, 3.05) is 0 Å². The van der Waals surface area contributed by atoms with Crippen molar-refractivity contribution in [2.24, 2.45) is 0 Å². The minimum atomic E-state index is -0.0569. The molecule has 0 fully saturated rings. The summed E-state index contributed by atoms with van der Waals surface area (Å²) in [5.41, 5.74) is 1.28. The number of nitrogens with zero attached hydrogens (tertiary/aromatic N) is 2. The van der Waals surface area contributed by atoms with E-state index in [2.05, 4.69) is 4.98 Å². The predicted octanol–water partition coefficient (Wildman–Crippen LogP) is 1.35. The average molecular weight is 160 g/mol. The molecule has 0 saturated heterocycles. The zero-order valence-corrected chi connectivity index (χ0v) is 6.74. The summed E-state index contributed by atoms with van der Waals surface area (Å²) in [6.07, 6.45) is 1.89. The van der Waals surface area contributed by atoms with E-state index in [-0.39, 0.29) is 5.78 Å². The fourth-order valence-electron chi connectivity index (χ4n) is 0.829. The lowest BCUT2D eigenvalue weighted by atomic mass is 10.2. The van der Waals surface area contributed by atoms with Crippen LogP contribution < -0.4 is 0 Å². The molecule has 0 N–H and O–H groups in total. The molecule has 0 spiro atoms. The Morgan fingerprint density at radius 3 is 2.83 bits per heavy atom. The summed E-state index contributed by atoms with van der Waals surface area (Å²) in [4.78, 5) is 14.7. The van der Waals surface area contributed by atoms with Crippen LogP contribution >= 0.6 is 0 Å². The normalized spacial score (nSPS) is 9.00. The van der Waals surface area contributed by atoms with Crippen molar-refractivity contribution in [3.8, 4) is 6.07 Å². The fraction of sp³-hybridized carbons (Fsp3) is 0.222. The molecule has 0 radical (unpaired) electrons. The van der Waals surface area contributed by atoms with Crippen molar-refractivity contribution < 1.29 is 4.79 Å². The van der Waals surface area contributed by atoms with E-state index in [0.29, 0.717) is 12.1 Å². The zero-order valence-electron chi connectivity index (χ0n) is 6.74. The van der Waals surface area contributed by atoms with Gasteiger partial charge in [-0.15, -0.1) is 0 Å². The summed E-state index contributed by atoms with van der Waals surface area (Å²) in [5, 5.41) is 8.35. The van der Waals surface area contributed by atoms with Gasteiger partial charge >= 0.3 is 0 Å². The van der Waals surface area contributed by atoms with Gasteiger partial charge in [-0.25, -0.2) is 0 Å². The van der Waals surface area contributed by atoms with Gasteiger partial charge in [-0.3, -0.25) is 9.78 Å². The Kier molecular flexibility index (Phi) is 2.54.